The smallest absolute Gasteiger partial charge is 0.281 e. The largest absolute Gasteiger partial charge is 0.342 e. The van der Waals surface area contributed by atoms with Crippen LogP contribution in [0.3, 0.4) is 0 Å². The summed E-state index contributed by atoms with van der Waals surface area (Å²) in [7, 11) is -0.369. The first kappa shape index (κ1) is 19.3. The first-order chi connectivity index (χ1) is 12.3. The number of hydrogen-bond donors (Lipinski definition) is 0. The number of benzene rings is 1. The summed E-state index contributed by atoms with van der Waals surface area (Å²) in [6.45, 7) is 2.29. The van der Waals surface area contributed by atoms with Crippen LogP contribution < -0.4 is 0 Å². The molecular formula is C19H29N3O3S. The molecule has 3 rings (SSSR count). The number of rotatable bonds is 6. The molecule has 26 heavy (non-hydrogen) atoms. The van der Waals surface area contributed by atoms with Crippen LogP contribution in [0.1, 0.15) is 31.2 Å². The minimum atomic E-state index is -3.45. The van der Waals surface area contributed by atoms with E-state index in [1.807, 2.05) is 23.1 Å². The molecule has 0 N–H and O–H groups in total. The summed E-state index contributed by atoms with van der Waals surface area (Å²) >= 11 is 0. The summed E-state index contributed by atoms with van der Waals surface area (Å²) in [5.41, 5.74) is 0.768. The number of hydrogen-bond acceptors (Lipinski definition) is 3. The zero-order valence-electron chi connectivity index (χ0n) is 15.7. The summed E-state index contributed by atoms with van der Waals surface area (Å²) in [4.78, 5) is 15.1. The van der Waals surface area contributed by atoms with Crippen LogP contribution in [0.4, 0.5) is 0 Å². The lowest BCUT2D eigenvalue weighted by Crippen LogP contribution is -2.51. The van der Waals surface area contributed by atoms with Crippen LogP contribution in [-0.4, -0.2) is 68.1 Å². The summed E-state index contributed by atoms with van der Waals surface area (Å²) < 4.78 is 27.5. The highest BCUT2D eigenvalue weighted by Gasteiger charge is 2.50. The molecule has 1 amide bonds. The normalized spacial score (nSPS) is 24.7. The molecule has 2 saturated heterocycles. The topological polar surface area (TPSA) is 60.9 Å². The fraction of sp³-hybridized carbons (Fsp3) is 0.632. The first-order valence-electron chi connectivity index (χ1n) is 9.36. The van der Waals surface area contributed by atoms with Gasteiger partial charge in [-0.15, -0.1) is 0 Å². The van der Waals surface area contributed by atoms with Crippen molar-refractivity contribution in [1.82, 2.24) is 13.5 Å². The summed E-state index contributed by atoms with van der Waals surface area (Å²) in [6.07, 6.45) is 4.27. The highest BCUT2D eigenvalue weighted by molar-refractivity contribution is 7.86. The monoisotopic (exact) mass is 379 g/mol. The molecule has 1 spiro atoms. The Morgan fingerprint density at radius 3 is 2.54 bits per heavy atom. The van der Waals surface area contributed by atoms with Gasteiger partial charge in [0.1, 0.15) is 0 Å². The Kier molecular flexibility index (Phi) is 5.69. The number of amides is 1. The maximum absolute atomic E-state index is 13.1. The third-order valence-electron chi connectivity index (χ3n) is 5.67. The molecule has 144 valence electrons. The molecule has 0 aromatic heterocycles. The van der Waals surface area contributed by atoms with E-state index in [0.29, 0.717) is 19.5 Å². The Morgan fingerprint density at radius 2 is 1.85 bits per heavy atom. The van der Waals surface area contributed by atoms with Crippen molar-refractivity contribution < 1.29 is 13.2 Å². The number of piperidine rings is 1. The van der Waals surface area contributed by atoms with Gasteiger partial charge in [-0.25, -0.2) is 0 Å². The molecule has 0 bridgehead atoms. The zero-order chi connectivity index (χ0) is 18.8. The highest BCUT2D eigenvalue weighted by atomic mass is 32.2. The number of carbonyl (C=O) groups excluding carboxylic acids is 1. The van der Waals surface area contributed by atoms with E-state index >= 15 is 0 Å². The van der Waals surface area contributed by atoms with Gasteiger partial charge in [0.25, 0.3) is 10.2 Å². The number of likely N-dealkylation sites (tertiary alicyclic amines) is 1. The molecule has 1 aromatic carbocycles. The van der Waals surface area contributed by atoms with E-state index in [4.69, 9.17) is 0 Å². The number of aryl methyl sites for hydroxylation is 1. The average Bonchev–Trinajstić information content (AvgIpc) is 3.05. The molecular weight excluding hydrogens is 350 g/mol. The third kappa shape index (κ3) is 3.80. The van der Waals surface area contributed by atoms with Crippen LogP contribution >= 0.6 is 0 Å². The van der Waals surface area contributed by atoms with E-state index in [-0.39, 0.29) is 5.91 Å². The van der Waals surface area contributed by atoms with E-state index in [2.05, 4.69) is 12.1 Å². The summed E-state index contributed by atoms with van der Waals surface area (Å²) in [6, 6.07) is 10.3. The molecule has 0 radical (unpaired) electrons. The summed E-state index contributed by atoms with van der Waals surface area (Å²) in [5.74, 6) is 0.147. The molecule has 1 aromatic rings. The van der Waals surface area contributed by atoms with Gasteiger partial charge in [-0.05, 0) is 37.7 Å². The Bertz CT molecular complexity index is 736. The summed E-state index contributed by atoms with van der Waals surface area (Å²) in [5, 5.41) is 0. The van der Waals surface area contributed by atoms with Crippen molar-refractivity contribution in [1.29, 1.82) is 0 Å². The Hall–Kier alpha value is -1.44. The Labute approximate surface area is 157 Å². The lowest BCUT2D eigenvalue weighted by atomic mass is 9.78. The zero-order valence-corrected chi connectivity index (χ0v) is 16.5. The van der Waals surface area contributed by atoms with Gasteiger partial charge >= 0.3 is 0 Å². The molecule has 2 heterocycles. The molecule has 1 atom stereocenters. The highest BCUT2D eigenvalue weighted by Crippen LogP contribution is 2.41. The second-order valence-corrected chi connectivity index (χ2v) is 9.78. The van der Waals surface area contributed by atoms with Crippen molar-refractivity contribution in [2.45, 2.75) is 32.1 Å². The SMILES string of the molecule is CN(C)S(=O)(=O)N1CCC2(CCCN(CCCc3ccccc3)C2=O)C1. The maximum Gasteiger partial charge on any atom is 0.281 e. The molecule has 7 heteroatoms. The van der Waals surface area contributed by atoms with Crippen molar-refractivity contribution in [3.05, 3.63) is 35.9 Å². The number of carbonyl (C=O) groups is 1. The Morgan fingerprint density at radius 1 is 1.12 bits per heavy atom. The quantitative estimate of drug-likeness (QED) is 0.756. The van der Waals surface area contributed by atoms with Crippen molar-refractivity contribution in [2.75, 3.05) is 40.3 Å². The number of nitrogens with zero attached hydrogens (tertiary/aromatic N) is 3. The van der Waals surface area contributed by atoms with Crippen molar-refractivity contribution in [3.63, 3.8) is 0 Å². The van der Waals surface area contributed by atoms with Gasteiger partial charge in [0, 0.05) is 40.3 Å². The van der Waals surface area contributed by atoms with Gasteiger partial charge in [0.2, 0.25) is 5.91 Å². The molecule has 1 unspecified atom stereocenters. The van der Waals surface area contributed by atoms with Gasteiger partial charge in [-0.3, -0.25) is 4.79 Å². The van der Waals surface area contributed by atoms with E-state index in [9.17, 15) is 13.2 Å². The van der Waals surface area contributed by atoms with E-state index < -0.39 is 15.6 Å². The van der Waals surface area contributed by atoms with E-state index in [1.54, 1.807) is 14.1 Å². The standard InChI is InChI=1S/C19H29N3O3S/c1-20(2)26(24,25)22-15-12-19(16-22)11-7-14-21(18(19)23)13-6-10-17-8-4-3-5-9-17/h3-5,8-9H,6-7,10-16H2,1-2H3. The minimum Gasteiger partial charge on any atom is -0.342 e. The van der Waals surface area contributed by atoms with Crippen LogP contribution in [0.2, 0.25) is 0 Å². The van der Waals surface area contributed by atoms with E-state index in [0.717, 1.165) is 38.8 Å². The lowest BCUT2D eigenvalue weighted by molar-refractivity contribution is -0.145. The Balaban J connectivity index is 1.61. The second-order valence-electron chi connectivity index (χ2n) is 7.64. The van der Waals surface area contributed by atoms with Crippen LogP contribution in [0.5, 0.6) is 0 Å². The molecule has 0 saturated carbocycles. The van der Waals surface area contributed by atoms with Crippen molar-refractivity contribution in [3.8, 4) is 0 Å². The van der Waals surface area contributed by atoms with Gasteiger partial charge in [0.05, 0.1) is 5.41 Å². The van der Waals surface area contributed by atoms with Crippen LogP contribution in [0, 0.1) is 5.41 Å². The van der Waals surface area contributed by atoms with Crippen LogP contribution in [0.15, 0.2) is 30.3 Å². The van der Waals surface area contributed by atoms with Gasteiger partial charge < -0.3 is 4.90 Å². The molecule has 2 aliphatic rings. The molecule has 2 fully saturated rings. The second kappa shape index (κ2) is 7.66. The molecule has 0 aliphatic carbocycles. The third-order valence-corrected chi connectivity index (χ3v) is 7.55. The van der Waals surface area contributed by atoms with Crippen molar-refractivity contribution in [2.24, 2.45) is 5.41 Å². The first-order valence-corrected chi connectivity index (χ1v) is 10.8. The average molecular weight is 380 g/mol. The van der Waals surface area contributed by atoms with Crippen molar-refractivity contribution >= 4 is 16.1 Å². The van der Waals surface area contributed by atoms with Crippen LogP contribution in [-0.2, 0) is 21.4 Å². The lowest BCUT2D eigenvalue weighted by Gasteiger charge is -2.39. The molecule has 2 aliphatic heterocycles. The minimum absolute atomic E-state index is 0.147. The van der Waals surface area contributed by atoms with E-state index in [1.165, 1.54) is 14.2 Å². The van der Waals surface area contributed by atoms with Crippen LogP contribution in [0.25, 0.3) is 0 Å². The van der Waals surface area contributed by atoms with Gasteiger partial charge in [-0.2, -0.15) is 17.0 Å². The molecule has 6 nitrogen and oxygen atoms in total. The van der Waals surface area contributed by atoms with Gasteiger partial charge in [-0.1, -0.05) is 30.3 Å². The fourth-order valence-electron chi connectivity index (χ4n) is 4.13. The van der Waals surface area contributed by atoms with Gasteiger partial charge in [0.15, 0.2) is 0 Å². The predicted octanol–water partition coefficient (Wildman–Crippen LogP) is 1.74. The maximum atomic E-state index is 13.1. The predicted molar refractivity (Wildman–Crippen MR) is 102 cm³/mol. The fourth-order valence-corrected chi connectivity index (χ4v) is 5.32.